The van der Waals surface area contributed by atoms with Crippen molar-refractivity contribution in [1.82, 2.24) is 15.3 Å². The lowest BCUT2D eigenvalue weighted by atomic mass is 10.1. The number of halogens is 1. The first-order valence-electron chi connectivity index (χ1n) is 6.95. The van der Waals surface area contributed by atoms with Crippen LogP contribution in [0.15, 0.2) is 59.2 Å². The molecule has 6 heteroatoms. The predicted molar refractivity (Wildman–Crippen MR) is 90.7 cm³/mol. The minimum atomic E-state index is -0.596. The molecule has 1 amide bonds. The molecule has 3 aromatic rings. The Morgan fingerprint density at radius 2 is 1.78 bits per heavy atom. The van der Waals surface area contributed by atoms with Crippen LogP contribution in [-0.4, -0.2) is 20.9 Å². The Balaban J connectivity index is 2.12. The average Bonchev–Trinajstić information content (AvgIpc) is 3.00. The summed E-state index contributed by atoms with van der Waals surface area (Å²) in [4.78, 5) is 11.9. The maximum Gasteiger partial charge on any atom is 0.278 e. The summed E-state index contributed by atoms with van der Waals surface area (Å²) in [5.74, 6) is -0.596. The Morgan fingerprint density at radius 1 is 1.13 bits per heavy atom. The Labute approximate surface area is 141 Å². The van der Waals surface area contributed by atoms with Gasteiger partial charge in [-0.3, -0.25) is 10.0 Å². The first-order valence-corrected chi connectivity index (χ1v) is 7.75. The van der Waals surface area contributed by atoms with E-state index in [1.807, 2.05) is 55.5 Å². The third-order valence-electron chi connectivity index (χ3n) is 3.48. The van der Waals surface area contributed by atoms with Gasteiger partial charge in [-0.15, -0.1) is 0 Å². The standard InChI is InChI=1S/C17H14BrN3O2/c1-11-2-8-14(9-3-11)21-10-15(17(22)20-23)16(19-21)12-4-6-13(18)7-5-12/h2-10,23H,1H3,(H,20,22). The Morgan fingerprint density at radius 3 is 2.39 bits per heavy atom. The van der Waals surface area contributed by atoms with Gasteiger partial charge in [0.25, 0.3) is 5.91 Å². The van der Waals surface area contributed by atoms with Crippen molar-refractivity contribution in [2.45, 2.75) is 6.92 Å². The minimum Gasteiger partial charge on any atom is -0.288 e. The largest absolute Gasteiger partial charge is 0.288 e. The molecular weight excluding hydrogens is 358 g/mol. The number of hydrogen-bond acceptors (Lipinski definition) is 3. The van der Waals surface area contributed by atoms with Crippen LogP contribution in [0.1, 0.15) is 15.9 Å². The molecule has 5 nitrogen and oxygen atoms in total. The van der Waals surface area contributed by atoms with Crippen LogP contribution < -0.4 is 5.48 Å². The highest BCUT2D eigenvalue weighted by atomic mass is 79.9. The predicted octanol–water partition coefficient (Wildman–Crippen LogP) is 3.73. The van der Waals surface area contributed by atoms with Gasteiger partial charge in [-0.25, -0.2) is 10.2 Å². The summed E-state index contributed by atoms with van der Waals surface area (Å²) < 4.78 is 2.56. The molecule has 0 spiro atoms. The monoisotopic (exact) mass is 371 g/mol. The molecule has 2 aromatic carbocycles. The Kier molecular flexibility index (Phi) is 4.27. The molecule has 0 radical (unpaired) electrons. The van der Waals surface area contributed by atoms with Crippen LogP contribution in [0, 0.1) is 6.92 Å². The number of amides is 1. The summed E-state index contributed by atoms with van der Waals surface area (Å²) in [6.45, 7) is 2.00. The van der Waals surface area contributed by atoms with Gasteiger partial charge in [0.2, 0.25) is 0 Å². The lowest BCUT2D eigenvalue weighted by Crippen LogP contribution is -2.18. The maximum absolute atomic E-state index is 11.9. The van der Waals surface area contributed by atoms with Gasteiger partial charge in [-0.05, 0) is 31.2 Å². The molecule has 0 atom stereocenters. The van der Waals surface area contributed by atoms with Crippen LogP contribution in [0.5, 0.6) is 0 Å². The second kappa shape index (κ2) is 6.36. The minimum absolute atomic E-state index is 0.301. The SMILES string of the molecule is Cc1ccc(-n2cc(C(=O)NO)c(-c3ccc(Br)cc3)n2)cc1. The van der Waals surface area contributed by atoms with E-state index in [0.717, 1.165) is 21.3 Å². The van der Waals surface area contributed by atoms with E-state index in [9.17, 15) is 4.79 Å². The second-order valence-corrected chi connectivity index (χ2v) is 6.03. The van der Waals surface area contributed by atoms with E-state index in [4.69, 9.17) is 5.21 Å². The number of carbonyl (C=O) groups excluding carboxylic acids is 1. The van der Waals surface area contributed by atoms with Crippen LogP contribution in [0.4, 0.5) is 0 Å². The second-order valence-electron chi connectivity index (χ2n) is 5.12. The van der Waals surface area contributed by atoms with Gasteiger partial charge in [0.1, 0.15) is 5.69 Å². The van der Waals surface area contributed by atoms with Crippen molar-refractivity contribution in [2.24, 2.45) is 0 Å². The van der Waals surface area contributed by atoms with E-state index in [2.05, 4.69) is 21.0 Å². The number of nitrogens with one attached hydrogen (secondary N) is 1. The van der Waals surface area contributed by atoms with Crippen molar-refractivity contribution in [2.75, 3.05) is 0 Å². The molecule has 1 aromatic heterocycles. The topological polar surface area (TPSA) is 67.2 Å². The normalized spacial score (nSPS) is 10.6. The van der Waals surface area contributed by atoms with E-state index in [1.165, 1.54) is 0 Å². The van der Waals surface area contributed by atoms with Gasteiger partial charge >= 0.3 is 0 Å². The molecule has 0 aliphatic carbocycles. The average molecular weight is 372 g/mol. The summed E-state index contributed by atoms with van der Waals surface area (Å²) in [5, 5.41) is 13.5. The molecule has 2 N–H and O–H groups in total. The fourth-order valence-electron chi connectivity index (χ4n) is 2.25. The first-order chi connectivity index (χ1) is 11.1. The van der Waals surface area contributed by atoms with Crippen molar-refractivity contribution >= 4 is 21.8 Å². The van der Waals surface area contributed by atoms with Crippen molar-refractivity contribution in [3.05, 3.63) is 70.3 Å². The third kappa shape index (κ3) is 3.18. The van der Waals surface area contributed by atoms with Crippen molar-refractivity contribution in [3.8, 4) is 16.9 Å². The van der Waals surface area contributed by atoms with Crippen molar-refractivity contribution in [1.29, 1.82) is 0 Å². The molecule has 0 saturated heterocycles. The molecule has 3 rings (SSSR count). The molecule has 0 aliphatic rings. The zero-order valence-corrected chi connectivity index (χ0v) is 13.9. The molecule has 0 fully saturated rings. The summed E-state index contributed by atoms with van der Waals surface area (Å²) in [6.07, 6.45) is 1.60. The number of hydroxylamine groups is 1. The van der Waals surface area contributed by atoms with Crippen LogP contribution >= 0.6 is 15.9 Å². The lowest BCUT2D eigenvalue weighted by molar-refractivity contribution is 0.0707. The van der Waals surface area contributed by atoms with Gasteiger partial charge < -0.3 is 0 Å². The van der Waals surface area contributed by atoms with Crippen LogP contribution in [0.2, 0.25) is 0 Å². The van der Waals surface area contributed by atoms with Crippen LogP contribution in [0.3, 0.4) is 0 Å². The van der Waals surface area contributed by atoms with E-state index in [-0.39, 0.29) is 0 Å². The first kappa shape index (κ1) is 15.5. The molecule has 1 heterocycles. The Hall–Kier alpha value is -2.44. The van der Waals surface area contributed by atoms with Gasteiger partial charge in [0, 0.05) is 16.2 Å². The molecule has 23 heavy (non-hydrogen) atoms. The quantitative estimate of drug-likeness (QED) is 0.544. The van der Waals surface area contributed by atoms with E-state index in [0.29, 0.717) is 11.3 Å². The van der Waals surface area contributed by atoms with E-state index < -0.39 is 5.91 Å². The van der Waals surface area contributed by atoms with Crippen molar-refractivity contribution in [3.63, 3.8) is 0 Å². The zero-order chi connectivity index (χ0) is 16.4. The molecule has 0 bridgehead atoms. The summed E-state index contributed by atoms with van der Waals surface area (Å²) in [5.41, 5.74) is 5.25. The van der Waals surface area contributed by atoms with Crippen molar-refractivity contribution < 1.29 is 10.0 Å². The number of carbonyl (C=O) groups is 1. The lowest BCUT2D eigenvalue weighted by Gasteiger charge is -2.02. The number of rotatable bonds is 3. The fraction of sp³-hybridized carbons (Fsp3) is 0.0588. The highest BCUT2D eigenvalue weighted by Gasteiger charge is 2.18. The summed E-state index contributed by atoms with van der Waals surface area (Å²) >= 11 is 3.38. The Bertz CT molecular complexity index is 839. The number of aryl methyl sites for hydroxylation is 1. The van der Waals surface area contributed by atoms with E-state index in [1.54, 1.807) is 16.4 Å². The number of nitrogens with zero attached hydrogens (tertiary/aromatic N) is 2. The smallest absolute Gasteiger partial charge is 0.278 e. The number of aromatic nitrogens is 2. The number of benzene rings is 2. The van der Waals surface area contributed by atoms with Crippen LogP contribution in [0.25, 0.3) is 16.9 Å². The van der Waals surface area contributed by atoms with Gasteiger partial charge in [-0.1, -0.05) is 45.8 Å². The van der Waals surface area contributed by atoms with Crippen LogP contribution in [-0.2, 0) is 0 Å². The maximum atomic E-state index is 11.9. The summed E-state index contributed by atoms with van der Waals surface area (Å²) in [7, 11) is 0. The summed E-state index contributed by atoms with van der Waals surface area (Å²) in [6, 6.07) is 15.3. The van der Waals surface area contributed by atoms with Gasteiger partial charge in [0.15, 0.2) is 0 Å². The third-order valence-corrected chi connectivity index (χ3v) is 4.01. The van der Waals surface area contributed by atoms with Gasteiger partial charge in [-0.2, -0.15) is 5.10 Å². The molecule has 116 valence electrons. The highest BCUT2D eigenvalue weighted by Crippen LogP contribution is 2.25. The molecule has 0 aliphatic heterocycles. The zero-order valence-electron chi connectivity index (χ0n) is 12.3. The highest BCUT2D eigenvalue weighted by molar-refractivity contribution is 9.10. The molecule has 0 unspecified atom stereocenters. The number of hydrogen-bond donors (Lipinski definition) is 2. The van der Waals surface area contributed by atoms with E-state index >= 15 is 0 Å². The molecular formula is C17H14BrN3O2. The fourth-order valence-corrected chi connectivity index (χ4v) is 2.52. The van der Waals surface area contributed by atoms with Gasteiger partial charge in [0.05, 0.1) is 11.3 Å². The molecule has 0 saturated carbocycles.